The van der Waals surface area contributed by atoms with Gasteiger partial charge in [-0.05, 0) is 19.3 Å². The summed E-state index contributed by atoms with van der Waals surface area (Å²) in [5.74, 6) is -1.75. The van der Waals surface area contributed by atoms with E-state index in [0.29, 0.717) is 6.61 Å². The lowest BCUT2D eigenvalue weighted by atomic mass is 9.86. The molecule has 1 amide bonds. The predicted octanol–water partition coefficient (Wildman–Crippen LogP) is 1.33. The molecule has 2 saturated heterocycles. The van der Waals surface area contributed by atoms with Gasteiger partial charge in [0.05, 0.1) is 13.1 Å². The minimum absolute atomic E-state index is 0.0886. The number of rotatable bonds is 0. The Balaban J connectivity index is 1.89. The third-order valence-electron chi connectivity index (χ3n) is 2.92. The van der Waals surface area contributed by atoms with Crippen LogP contribution >= 0.6 is 0 Å². The summed E-state index contributed by atoms with van der Waals surface area (Å²) in [4.78, 5) is 11.6. The van der Waals surface area contributed by atoms with Gasteiger partial charge in [-0.2, -0.15) is 13.2 Å². The summed E-state index contributed by atoms with van der Waals surface area (Å²) in [6, 6.07) is 0. The molecule has 0 atom stereocenters. The maximum absolute atomic E-state index is 12.0. The largest absolute Gasteiger partial charge is 0.471 e. The van der Waals surface area contributed by atoms with Crippen molar-refractivity contribution in [3.8, 4) is 0 Å². The fourth-order valence-electron chi connectivity index (χ4n) is 2.13. The van der Waals surface area contributed by atoms with Crippen molar-refractivity contribution < 1.29 is 22.7 Å². The molecule has 86 valence electrons. The highest BCUT2D eigenvalue weighted by Gasteiger charge is 2.53. The van der Waals surface area contributed by atoms with Gasteiger partial charge in [-0.15, -0.1) is 0 Å². The SMILES string of the molecule is O=C(N1CC2(CCCCO2)C1)C(F)(F)F. The predicted molar refractivity (Wildman–Crippen MR) is 45.2 cm³/mol. The van der Waals surface area contributed by atoms with E-state index in [1.54, 1.807) is 0 Å². The standard InChI is InChI=1S/C9H12F3NO2/c10-9(11,12)7(14)13-5-8(6-13)3-1-2-4-15-8/h1-6H2. The molecule has 2 rings (SSSR count). The second-order valence-corrected chi connectivity index (χ2v) is 4.15. The third-order valence-corrected chi connectivity index (χ3v) is 2.92. The molecule has 0 N–H and O–H groups in total. The van der Waals surface area contributed by atoms with Gasteiger partial charge in [0.15, 0.2) is 0 Å². The van der Waals surface area contributed by atoms with Gasteiger partial charge in [0.1, 0.15) is 5.60 Å². The van der Waals surface area contributed by atoms with Crippen LogP contribution in [0.3, 0.4) is 0 Å². The van der Waals surface area contributed by atoms with E-state index in [0.717, 1.165) is 24.2 Å². The molecule has 0 aromatic heterocycles. The molecule has 0 aromatic carbocycles. The molecule has 6 heteroatoms. The van der Waals surface area contributed by atoms with Crippen LogP contribution in [-0.2, 0) is 9.53 Å². The number of carbonyl (C=O) groups is 1. The van der Waals surface area contributed by atoms with Gasteiger partial charge in [0, 0.05) is 6.61 Å². The molecule has 2 aliphatic rings. The Morgan fingerprint density at radius 2 is 1.93 bits per heavy atom. The first-order valence-electron chi connectivity index (χ1n) is 4.93. The van der Waals surface area contributed by atoms with E-state index in [2.05, 4.69) is 0 Å². The Bertz CT molecular complexity index is 263. The zero-order chi connectivity index (χ0) is 11.1. The average Bonchev–Trinajstić information content (AvgIpc) is 2.13. The van der Waals surface area contributed by atoms with Gasteiger partial charge in [0.25, 0.3) is 0 Å². The Morgan fingerprint density at radius 1 is 1.27 bits per heavy atom. The van der Waals surface area contributed by atoms with Crippen LogP contribution in [0.2, 0.25) is 0 Å². The molecule has 0 saturated carbocycles. The zero-order valence-corrected chi connectivity index (χ0v) is 8.14. The first-order chi connectivity index (χ1) is 6.93. The first kappa shape index (κ1) is 10.7. The smallest absolute Gasteiger partial charge is 0.371 e. The van der Waals surface area contributed by atoms with E-state index in [-0.39, 0.29) is 13.1 Å². The van der Waals surface area contributed by atoms with Gasteiger partial charge in [-0.25, -0.2) is 0 Å². The molecule has 2 fully saturated rings. The Labute approximate surface area is 85.2 Å². The summed E-state index contributed by atoms with van der Waals surface area (Å²) < 4.78 is 41.6. The van der Waals surface area contributed by atoms with Crippen LogP contribution in [0.1, 0.15) is 19.3 Å². The second kappa shape index (κ2) is 3.37. The molecule has 1 spiro atoms. The summed E-state index contributed by atoms with van der Waals surface area (Å²) in [5.41, 5.74) is -0.473. The molecule has 0 unspecified atom stereocenters. The lowest BCUT2D eigenvalue weighted by molar-refractivity contribution is -0.215. The number of alkyl halides is 3. The summed E-state index contributed by atoms with van der Waals surface area (Å²) in [6.45, 7) is 0.769. The van der Waals surface area contributed by atoms with E-state index in [4.69, 9.17) is 4.74 Å². The Kier molecular flexibility index (Phi) is 2.41. The number of hydrogen-bond donors (Lipinski definition) is 0. The average molecular weight is 223 g/mol. The van der Waals surface area contributed by atoms with Crippen molar-refractivity contribution in [1.29, 1.82) is 0 Å². The van der Waals surface area contributed by atoms with Crippen LogP contribution in [0.5, 0.6) is 0 Å². The molecule has 0 bridgehead atoms. The van der Waals surface area contributed by atoms with Crippen LogP contribution in [-0.4, -0.2) is 42.3 Å². The van der Waals surface area contributed by atoms with Crippen molar-refractivity contribution in [2.24, 2.45) is 0 Å². The summed E-state index contributed by atoms with van der Waals surface area (Å²) in [7, 11) is 0. The normalized spacial score (nSPS) is 25.1. The molecule has 0 aromatic rings. The molecular formula is C9H12F3NO2. The molecule has 0 radical (unpaired) electrons. The number of hydrogen-bond acceptors (Lipinski definition) is 2. The highest BCUT2D eigenvalue weighted by Crippen LogP contribution is 2.36. The van der Waals surface area contributed by atoms with E-state index in [9.17, 15) is 18.0 Å². The lowest BCUT2D eigenvalue weighted by Gasteiger charge is -2.51. The quantitative estimate of drug-likeness (QED) is 0.620. The van der Waals surface area contributed by atoms with Crippen LogP contribution in [0.4, 0.5) is 13.2 Å². The van der Waals surface area contributed by atoms with E-state index in [1.807, 2.05) is 0 Å². The fraction of sp³-hybridized carbons (Fsp3) is 0.889. The fourth-order valence-corrected chi connectivity index (χ4v) is 2.13. The van der Waals surface area contributed by atoms with Crippen molar-refractivity contribution in [2.75, 3.05) is 19.7 Å². The first-order valence-corrected chi connectivity index (χ1v) is 4.93. The number of amides is 1. The Morgan fingerprint density at radius 3 is 2.40 bits per heavy atom. The van der Waals surface area contributed by atoms with Crippen LogP contribution < -0.4 is 0 Å². The summed E-state index contributed by atoms with van der Waals surface area (Å²) in [5, 5.41) is 0. The Hall–Kier alpha value is -0.780. The van der Waals surface area contributed by atoms with Crippen molar-refractivity contribution in [3.63, 3.8) is 0 Å². The topological polar surface area (TPSA) is 29.5 Å². The number of likely N-dealkylation sites (tertiary alicyclic amines) is 1. The lowest BCUT2D eigenvalue weighted by Crippen LogP contribution is -2.67. The maximum atomic E-state index is 12.0. The van der Waals surface area contributed by atoms with Crippen molar-refractivity contribution in [2.45, 2.75) is 31.0 Å². The van der Waals surface area contributed by atoms with Crippen LogP contribution in [0.25, 0.3) is 0 Å². The molecule has 2 heterocycles. The maximum Gasteiger partial charge on any atom is 0.471 e. The van der Waals surface area contributed by atoms with Gasteiger partial charge in [-0.1, -0.05) is 0 Å². The molecule has 0 aliphatic carbocycles. The van der Waals surface area contributed by atoms with Gasteiger partial charge in [0.2, 0.25) is 0 Å². The molecule has 2 aliphatic heterocycles. The molecular weight excluding hydrogens is 211 g/mol. The number of carbonyl (C=O) groups excluding carboxylic acids is 1. The highest BCUT2D eigenvalue weighted by atomic mass is 19.4. The summed E-state index contributed by atoms with van der Waals surface area (Å²) >= 11 is 0. The van der Waals surface area contributed by atoms with Crippen LogP contribution in [0.15, 0.2) is 0 Å². The number of ether oxygens (including phenoxy) is 1. The number of halogens is 3. The molecule has 3 nitrogen and oxygen atoms in total. The van der Waals surface area contributed by atoms with Crippen molar-refractivity contribution >= 4 is 5.91 Å². The minimum atomic E-state index is -4.75. The molecule has 15 heavy (non-hydrogen) atoms. The van der Waals surface area contributed by atoms with Crippen molar-refractivity contribution in [3.05, 3.63) is 0 Å². The van der Waals surface area contributed by atoms with Crippen molar-refractivity contribution in [1.82, 2.24) is 4.90 Å². The number of nitrogens with zero attached hydrogens (tertiary/aromatic N) is 1. The van der Waals surface area contributed by atoms with Gasteiger partial charge < -0.3 is 9.64 Å². The van der Waals surface area contributed by atoms with Gasteiger partial charge in [-0.3, -0.25) is 4.79 Å². The minimum Gasteiger partial charge on any atom is -0.371 e. The second-order valence-electron chi connectivity index (χ2n) is 4.15. The highest BCUT2D eigenvalue weighted by molar-refractivity contribution is 5.82. The third kappa shape index (κ3) is 1.95. The van der Waals surface area contributed by atoms with Gasteiger partial charge >= 0.3 is 12.1 Å². The monoisotopic (exact) mass is 223 g/mol. The van der Waals surface area contributed by atoms with E-state index in [1.165, 1.54) is 0 Å². The van der Waals surface area contributed by atoms with Crippen LogP contribution in [0, 0.1) is 0 Å². The van der Waals surface area contributed by atoms with E-state index < -0.39 is 17.7 Å². The summed E-state index contributed by atoms with van der Waals surface area (Å²) in [6.07, 6.45) is -2.08. The zero-order valence-electron chi connectivity index (χ0n) is 8.14. The van der Waals surface area contributed by atoms with E-state index >= 15 is 0 Å².